The topological polar surface area (TPSA) is 136 Å². The van der Waals surface area contributed by atoms with Gasteiger partial charge in [0.05, 0.1) is 11.5 Å². The molecule has 2 atom stereocenters. The second kappa shape index (κ2) is 6.51. The molecule has 0 saturated carbocycles. The number of hydrogen-bond acceptors (Lipinski definition) is 7. The standard InChI is InChI=1S/C11H13ClN2O6/c1-2-20-11(17)10(16)9(15)5-3-8(14(18)19)7(13)4-6(5)12/h3-4,9-10,15-16H,2,13H2,1H3. The molecule has 1 aromatic carbocycles. The van der Waals surface area contributed by atoms with Gasteiger partial charge in [0.25, 0.3) is 5.69 Å². The number of hydrogen-bond donors (Lipinski definition) is 3. The number of carbonyl (C=O) groups excluding carboxylic acids is 1. The van der Waals surface area contributed by atoms with Crippen molar-refractivity contribution in [3.63, 3.8) is 0 Å². The van der Waals surface area contributed by atoms with E-state index in [2.05, 4.69) is 4.74 Å². The van der Waals surface area contributed by atoms with Gasteiger partial charge in [0.1, 0.15) is 11.8 Å². The highest BCUT2D eigenvalue weighted by molar-refractivity contribution is 6.31. The monoisotopic (exact) mass is 304 g/mol. The second-order valence-corrected chi connectivity index (χ2v) is 4.24. The lowest BCUT2D eigenvalue weighted by Crippen LogP contribution is -2.30. The Bertz CT molecular complexity index is 536. The molecule has 0 amide bonds. The van der Waals surface area contributed by atoms with Crippen LogP contribution in [0.4, 0.5) is 11.4 Å². The van der Waals surface area contributed by atoms with Crippen LogP contribution in [0, 0.1) is 10.1 Å². The summed E-state index contributed by atoms with van der Waals surface area (Å²) in [7, 11) is 0. The van der Waals surface area contributed by atoms with Crippen LogP contribution >= 0.6 is 11.6 Å². The molecule has 110 valence electrons. The smallest absolute Gasteiger partial charge is 0.338 e. The number of benzene rings is 1. The summed E-state index contributed by atoms with van der Waals surface area (Å²) in [4.78, 5) is 21.3. The van der Waals surface area contributed by atoms with Crippen molar-refractivity contribution < 1.29 is 24.7 Å². The molecule has 9 heteroatoms. The molecule has 0 fully saturated rings. The fourth-order valence-electron chi connectivity index (χ4n) is 1.50. The zero-order valence-electron chi connectivity index (χ0n) is 10.4. The molecule has 0 radical (unpaired) electrons. The number of ether oxygens (including phenoxy) is 1. The number of nitro groups is 1. The van der Waals surface area contributed by atoms with Crippen LogP contribution in [0.15, 0.2) is 12.1 Å². The van der Waals surface area contributed by atoms with Crippen LogP contribution in [0.5, 0.6) is 0 Å². The number of rotatable bonds is 5. The van der Waals surface area contributed by atoms with Crippen molar-refractivity contribution in [2.45, 2.75) is 19.1 Å². The number of aliphatic hydroxyl groups excluding tert-OH is 2. The Morgan fingerprint density at radius 3 is 2.65 bits per heavy atom. The normalized spacial score (nSPS) is 13.6. The molecular weight excluding hydrogens is 292 g/mol. The number of esters is 1. The number of nitro benzene ring substituents is 1. The summed E-state index contributed by atoms with van der Waals surface area (Å²) >= 11 is 5.80. The number of nitrogen functional groups attached to an aromatic ring is 1. The Hall–Kier alpha value is -1.90. The SMILES string of the molecule is CCOC(=O)C(O)C(O)c1cc([N+](=O)[O-])c(N)cc1Cl. The summed E-state index contributed by atoms with van der Waals surface area (Å²) in [5.74, 6) is -1.06. The molecule has 4 N–H and O–H groups in total. The van der Waals surface area contributed by atoms with Gasteiger partial charge in [-0.2, -0.15) is 0 Å². The van der Waals surface area contributed by atoms with Crippen LogP contribution in [0.2, 0.25) is 5.02 Å². The molecule has 20 heavy (non-hydrogen) atoms. The van der Waals surface area contributed by atoms with Gasteiger partial charge in [-0.1, -0.05) is 11.6 Å². The fourth-order valence-corrected chi connectivity index (χ4v) is 1.79. The molecule has 1 aromatic rings. The van der Waals surface area contributed by atoms with Crippen LogP contribution in [-0.2, 0) is 9.53 Å². The van der Waals surface area contributed by atoms with E-state index in [9.17, 15) is 25.1 Å². The highest BCUT2D eigenvalue weighted by Crippen LogP contribution is 2.33. The predicted octanol–water partition coefficient (Wildman–Crippen LogP) is 0.788. The van der Waals surface area contributed by atoms with Crippen molar-refractivity contribution in [1.82, 2.24) is 0 Å². The number of nitrogens with zero attached hydrogens (tertiary/aromatic N) is 1. The zero-order valence-corrected chi connectivity index (χ0v) is 11.2. The van der Waals surface area contributed by atoms with Crippen molar-refractivity contribution in [3.8, 4) is 0 Å². The lowest BCUT2D eigenvalue weighted by molar-refractivity contribution is -0.384. The first kappa shape index (κ1) is 16.2. The second-order valence-electron chi connectivity index (χ2n) is 3.83. The van der Waals surface area contributed by atoms with E-state index in [1.54, 1.807) is 0 Å². The molecule has 0 aromatic heterocycles. The van der Waals surface area contributed by atoms with Gasteiger partial charge in [-0.3, -0.25) is 10.1 Å². The minimum absolute atomic E-state index is 0.0121. The van der Waals surface area contributed by atoms with E-state index in [1.807, 2.05) is 0 Å². The minimum atomic E-state index is -1.91. The molecular formula is C11H13ClN2O6. The van der Waals surface area contributed by atoms with Crippen molar-refractivity contribution in [3.05, 3.63) is 32.8 Å². The summed E-state index contributed by atoms with van der Waals surface area (Å²) in [6.07, 6.45) is -3.67. The highest BCUT2D eigenvalue weighted by atomic mass is 35.5. The average molecular weight is 305 g/mol. The number of anilines is 1. The summed E-state index contributed by atoms with van der Waals surface area (Å²) in [6, 6.07) is 1.97. The van der Waals surface area contributed by atoms with Crippen LogP contribution in [0.25, 0.3) is 0 Å². The quantitative estimate of drug-likeness (QED) is 0.316. The lowest BCUT2D eigenvalue weighted by atomic mass is 10.0. The molecule has 0 aliphatic heterocycles. The van der Waals surface area contributed by atoms with Gasteiger partial charge in [-0.15, -0.1) is 0 Å². The van der Waals surface area contributed by atoms with Gasteiger partial charge >= 0.3 is 5.97 Å². The van der Waals surface area contributed by atoms with Crippen LogP contribution in [0.1, 0.15) is 18.6 Å². The van der Waals surface area contributed by atoms with E-state index in [-0.39, 0.29) is 22.9 Å². The molecule has 1 rings (SSSR count). The lowest BCUT2D eigenvalue weighted by Gasteiger charge is -2.18. The summed E-state index contributed by atoms with van der Waals surface area (Å²) < 4.78 is 4.54. The maximum atomic E-state index is 11.3. The minimum Gasteiger partial charge on any atom is -0.464 e. The van der Waals surface area contributed by atoms with Gasteiger partial charge in [-0.05, 0) is 13.0 Å². The highest BCUT2D eigenvalue weighted by Gasteiger charge is 2.30. The van der Waals surface area contributed by atoms with Crippen molar-refractivity contribution in [1.29, 1.82) is 0 Å². The van der Waals surface area contributed by atoms with Crippen LogP contribution in [0.3, 0.4) is 0 Å². The fraction of sp³-hybridized carbons (Fsp3) is 0.364. The Labute approximate surface area is 118 Å². The van der Waals surface area contributed by atoms with Crippen molar-refractivity contribution in [2.24, 2.45) is 0 Å². The van der Waals surface area contributed by atoms with Crippen LogP contribution < -0.4 is 5.73 Å². The van der Waals surface area contributed by atoms with Gasteiger partial charge < -0.3 is 20.7 Å². The molecule has 0 spiro atoms. The predicted molar refractivity (Wildman–Crippen MR) is 70.1 cm³/mol. The van der Waals surface area contributed by atoms with Gasteiger partial charge in [-0.25, -0.2) is 4.79 Å². The average Bonchev–Trinajstić information content (AvgIpc) is 2.37. The summed E-state index contributed by atoms with van der Waals surface area (Å²) in [6.45, 7) is 1.54. The van der Waals surface area contributed by atoms with E-state index < -0.39 is 28.8 Å². The Kier molecular flexibility index (Phi) is 5.26. The number of halogens is 1. The molecule has 0 aliphatic carbocycles. The summed E-state index contributed by atoms with van der Waals surface area (Å²) in [5.41, 5.74) is 4.55. The van der Waals surface area contributed by atoms with E-state index in [0.29, 0.717) is 0 Å². The van der Waals surface area contributed by atoms with Gasteiger partial charge in [0.15, 0.2) is 6.10 Å². The molecule has 0 saturated heterocycles. The molecule has 0 heterocycles. The molecule has 2 unspecified atom stereocenters. The maximum Gasteiger partial charge on any atom is 0.338 e. The van der Waals surface area contributed by atoms with E-state index in [1.165, 1.54) is 6.92 Å². The third-order valence-corrected chi connectivity index (χ3v) is 2.82. The van der Waals surface area contributed by atoms with E-state index in [4.69, 9.17) is 17.3 Å². The van der Waals surface area contributed by atoms with E-state index >= 15 is 0 Å². The summed E-state index contributed by atoms with van der Waals surface area (Å²) in [5, 5.41) is 30.1. The first-order valence-corrected chi connectivity index (χ1v) is 5.93. The third-order valence-electron chi connectivity index (χ3n) is 2.49. The number of carbonyl (C=O) groups is 1. The number of nitrogens with two attached hydrogens (primary N) is 1. The van der Waals surface area contributed by atoms with Crippen LogP contribution in [-0.4, -0.2) is 33.8 Å². The maximum absolute atomic E-state index is 11.3. The Morgan fingerprint density at radius 1 is 1.55 bits per heavy atom. The van der Waals surface area contributed by atoms with Gasteiger partial charge in [0.2, 0.25) is 0 Å². The Morgan fingerprint density at radius 2 is 2.15 bits per heavy atom. The molecule has 8 nitrogen and oxygen atoms in total. The largest absolute Gasteiger partial charge is 0.464 e. The zero-order chi connectivity index (χ0) is 15.4. The van der Waals surface area contributed by atoms with Crippen molar-refractivity contribution in [2.75, 3.05) is 12.3 Å². The first-order valence-electron chi connectivity index (χ1n) is 5.55. The van der Waals surface area contributed by atoms with Crippen molar-refractivity contribution >= 4 is 28.9 Å². The third kappa shape index (κ3) is 3.35. The Balaban J connectivity index is 3.15. The van der Waals surface area contributed by atoms with E-state index in [0.717, 1.165) is 12.1 Å². The number of aliphatic hydroxyl groups is 2. The van der Waals surface area contributed by atoms with Gasteiger partial charge in [0, 0.05) is 16.7 Å². The molecule has 0 aliphatic rings. The molecule has 0 bridgehead atoms. The first-order chi connectivity index (χ1) is 9.29.